The number of unbranched alkanes of at least 4 members (excludes halogenated alkanes) is 1. The van der Waals surface area contributed by atoms with Crippen LogP contribution in [0, 0.1) is 5.92 Å². The molecule has 0 aromatic rings. The van der Waals surface area contributed by atoms with Crippen molar-refractivity contribution in [2.75, 3.05) is 19.6 Å². The van der Waals surface area contributed by atoms with Gasteiger partial charge in [0, 0.05) is 12.6 Å². The Kier molecular flexibility index (Phi) is 5.90. The molecule has 0 aromatic carbocycles. The van der Waals surface area contributed by atoms with Gasteiger partial charge in [0.2, 0.25) is 0 Å². The van der Waals surface area contributed by atoms with Crippen molar-refractivity contribution in [2.24, 2.45) is 11.7 Å². The summed E-state index contributed by atoms with van der Waals surface area (Å²) in [7, 11) is 0. The van der Waals surface area contributed by atoms with Gasteiger partial charge >= 0.3 is 0 Å². The van der Waals surface area contributed by atoms with Crippen molar-refractivity contribution in [3.8, 4) is 0 Å². The summed E-state index contributed by atoms with van der Waals surface area (Å²) in [5, 5.41) is 9.82. The predicted octanol–water partition coefficient (Wildman–Crippen LogP) is 1.99. The van der Waals surface area contributed by atoms with E-state index in [1.807, 2.05) is 6.92 Å². The Bertz CT molecular complexity index is 218. The molecule has 0 bridgehead atoms. The number of likely N-dealkylation sites (tertiary alicyclic amines) is 1. The van der Waals surface area contributed by atoms with Gasteiger partial charge in [-0.3, -0.25) is 0 Å². The summed E-state index contributed by atoms with van der Waals surface area (Å²) in [6.07, 6.45) is 5.78. The molecule has 0 radical (unpaired) electrons. The van der Waals surface area contributed by atoms with Crippen molar-refractivity contribution in [1.82, 2.24) is 4.90 Å². The van der Waals surface area contributed by atoms with Crippen LogP contribution >= 0.6 is 0 Å². The number of hydrogen-bond acceptors (Lipinski definition) is 3. The van der Waals surface area contributed by atoms with Gasteiger partial charge in [0.1, 0.15) is 0 Å². The van der Waals surface area contributed by atoms with Gasteiger partial charge in [0.15, 0.2) is 0 Å². The molecular formula is C14H30N2O. The van der Waals surface area contributed by atoms with Gasteiger partial charge in [-0.25, -0.2) is 0 Å². The molecule has 1 heterocycles. The van der Waals surface area contributed by atoms with E-state index in [2.05, 4.69) is 18.7 Å². The number of hydrogen-bond donors (Lipinski definition) is 2. The zero-order valence-corrected chi connectivity index (χ0v) is 11.8. The van der Waals surface area contributed by atoms with E-state index in [0.29, 0.717) is 6.54 Å². The molecule has 1 fully saturated rings. The van der Waals surface area contributed by atoms with Crippen LogP contribution in [0.5, 0.6) is 0 Å². The van der Waals surface area contributed by atoms with Gasteiger partial charge in [0.25, 0.3) is 0 Å². The van der Waals surface area contributed by atoms with Gasteiger partial charge in [-0.15, -0.1) is 0 Å². The molecule has 102 valence electrons. The van der Waals surface area contributed by atoms with Gasteiger partial charge in [0.05, 0.1) is 5.60 Å². The summed E-state index contributed by atoms with van der Waals surface area (Å²) < 4.78 is 0. The van der Waals surface area contributed by atoms with Gasteiger partial charge in [-0.1, -0.05) is 6.92 Å². The highest BCUT2D eigenvalue weighted by Gasteiger charge is 2.24. The Hall–Kier alpha value is -0.120. The number of rotatable bonds is 6. The summed E-state index contributed by atoms with van der Waals surface area (Å²) in [5.41, 5.74) is 4.85. The first-order valence-electron chi connectivity index (χ1n) is 7.13. The van der Waals surface area contributed by atoms with Gasteiger partial charge in [-0.2, -0.15) is 0 Å². The van der Waals surface area contributed by atoms with E-state index in [9.17, 15) is 5.11 Å². The van der Waals surface area contributed by atoms with Crippen molar-refractivity contribution >= 4 is 0 Å². The third kappa shape index (κ3) is 4.94. The molecule has 3 N–H and O–H groups in total. The van der Waals surface area contributed by atoms with Crippen LogP contribution in [0.3, 0.4) is 0 Å². The molecule has 3 heteroatoms. The first-order chi connectivity index (χ1) is 7.96. The van der Waals surface area contributed by atoms with Crippen molar-refractivity contribution in [3.05, 3.63) is 0 Å². The second-order valence-corrected chi connectivity index (χ2v) is 6.05. The fourth-order valence-corrected chi connectivity index (χ4v) is 2.66. The van der Waals surface area contributed by atoms with E-state index in [0.717, 1.165) is 24.8 Å². The number of nitrogens with zero attached hydrogens (tertiary/aromatic N) is 1. The maximum absolute atomic E-state index is 9.82. The summed E-state index contributed by atoms with van der Waals surface area (Å²) in [4.78, 5) is 2.60. The molecule has 3 atom stereocenters. The van der Waals surface area contributed by atoms with Crippen molar-refractivity contribution in [3.63, 3.8) is 0 Å². The van der Waals surface area contributed by atoms with E-state index in [4.69, 9.17) is 5.73 Å². The van der Waals surface area contributed by atoms with Gasteiger partial charge in [-0.05, 0) is 65.0 Å². The zero-order chi connectivity index (χ0) is 12.9. The molecule has 0 aliphatic carbocycles. The quantitative estimate of drug-likeness (QED) is 0.700. The highest BCUT2D eigenvalue weighted by atomic mass is 16.3. The minimum Gasteiger partial charge on any atom is -0.389 e. The standard InChI is InChI=1S/C14H30N2O/c1-12-7-6-10-16(13(12)2)9-5-4-8-14(3,17)11-15/h12-13,17H,4-11,15H2,1-3H3. The second kappa shape index (κ2) is 6.72. The molecule has 3 unspecified atom stereocenters. The molecule has 0 spiro atoms. The van der Waals surface area contributed by atoms with Crippen LogP contribution in [0.4, 0.5) is 0 Å². The maximum atomic E-state index is 9.82. The average molecular weight is 242 g/mol. The molecule has 0 aromatic heterocycles. The normalized spacial score (nSPS) is 30.2. The molecular weight excluding hydrogens is 212 g/mol. The molecule has 1 aliphatic heterocycles. The van der Waals surface area contributed by atoms with Crippen LogP contribution in [-0.4, -0.2) is 41.3 Å². The van der Waals surface area contributed by atoms with Crippen LogP contribution < -0.4 is 5.73 Å². The number of aliphatic hydroxyl groups is 1. The first kappa shape index (κ1) is 14.9. The highest BCUT2D eigenvalue weighted by molar-refractivity contribution is 4.79. The molecule has 1 saturated heterocycles. The van der Waals surface area contributed by atoms with Crippen molar-refractivity contribution in [2.45, 2.75) is 64.5 Å². The fraction of sp³-hybridized carbons (Fsp3) is 1.00. The SMILES string of the molecule is CC1CCCN(CCCCC(C)(O)CN)C1C. The van der Waals surface area contributed by atoms with E-state index >= 15 is 0 Å². The molecule has 0 amide bonds. The summed E-state index contributed by atoms with van der Waals surface area (Å²) in [6.45, 7) is 9.32. The van der Waals surface area contributed by atoms with Crippen molar-refractivity contribution in [1.29, 1.82) is 0 Å². The largest absolute Gasteiger partial charge is 0.389 e. The molecule has 17 heavy (non-hydrogen) atoms. The first-order valence-corrected chi connectivity index (χ1v) is 7.13. The Labute approximate surface area is 106 Å². The number of nitrogens with two attached hydrogens (primary N) is 1. The molecule has 0 saturated carbocycles. The Morgan fingerprint density at radius 1 is 1.35 bits per heavy atom. The lowest BCUT2D eigenvalue weighted by molar-refractivity contribution is 0.0540. The summed E-state index contributed by atoms with van der Waals surface area (Å²) in [6, 6.07) is 0.721. The minimum atomic E-state index is -0.666. The van der Waals surface area contributed by atoms with Crippen LogP contribution in [0.25, 0.3) is 0 Å². The summed E-state index contributed by atoms with van der Waals surface area (Å²) >= 11 is 0. The van der Waals surface area contributed by atoms with Crippen molar-refractivity contribution < 1.29 is 5.11 Å². The minimum absolute atomic E-state index is 0.365. The van der Waals surface area contributed by atoms with E-state index in [1.54, 1.807) is 0 Å². The van der Waals surface area contributed by atoms with E-state index in [-0.39, 0.29) is 0 Å². The smallest absolute Gasteiger partial charge is 0.0741 e. The van der Waals surface area contributed by atoms with Crippen LogP contribution in [-0.2, 0) is 0 Å². The fourth-order valence-electron chi connectivity index (χ4n) is 2.66. The Morgan fingerprint density at radius 3 is 2.71 bits per heavy atom. The lowest BCUT2D eigenvalue weighted by atomic mass is 9.91. The van der Waals surface area contributed by atoms with E-state index in [1.165, 1.54) is 32.4 Å². The lowest BCUT2D eigenvalue weighted by Crippen LogP contribution is -2.42. The Morgan fingerprint density at radius 2 is 2.06 bits per heavy atom. The third-order valence-corrected chi connectivity index (χ3v) is 4.35. The van der Waals surface area contributed by atoms with E-state index < -0.39 is 5.60 Å². The van der Waals surface area contributed by atoms with Gasteiger partial charge < -0.3 is 15.7 Å². The molecule has 1 aliphatic rings. The summed E-state index contributed by atoms with van der Waals surface area (Å²) in [5.74, 6) is 0.830. The van der Waals surface area contributed by atoms with Crippen LogP contribution in [0.1, 0.15) is 52.9 Å². The predicted molar refractivity (Wildman–Crippen MR) is 73.0 cm³/mol. The molecule has 3 nitrogen and oxygen atoms in total. The zero-order valence-electron chi connectivity index (χ0n) is 11.8. The lowest BCUT2D eigenvalue weighted by Gasteiger charge is -2.38. The molecule has 1 rings (SSSR count). The average Bonchev–Trinajstić information content (AvgIpc) is 2.30. The monoisotopic (exact) mass is 242 g/mol. The topological polar surface area (TPSA) is 49.5 Å². The highest BCUT2D eigenvalue weighted by Crippen LogP contribution is 2.23. The number of piperidine rings is 1. The van der Waals surface area contributed by atoms with Crippen LogP contribution in [0.2, 0.25) is 0 Å². The third-order valence-electron chi connectivity index (χ3n) is 4.35. The maximum Gasteiger partial charge on any atom is 0.0741 e. The Balaban J connectivity index is 2.18. The van der Waals surface area contributed by atoms with Crippen LogP contribution in [0.15, 0.2) is 0 Å². The second-order valence-electron chi connectivity index (χ2n) is 6.05.